The number of carbonyl (C=O) groups is 2. The normalized spacial score (nSPS) is 10.1. The number of rotatable bonds is 3. The first kappa shape index (κ1) is 14.0. The van der Waals surface area contributed by atoms with Gasteiger partial charge in [-0.2, -0.15) is 0 Å². The van der Waals surface area contributed by atoms with Crippen molar-refractivity contribution >= 4 is 29.1 Å². The Morgan fingerprint density at radius 2 is 2.05 bits per heavy atom. The van der Waals surface area contributed by atoms with E-state index in [0.29, 0.717) is 0 Å². The highest BCUT2D eigenvalue weighted by Crippen LogP contribution is 2.19. The van der Waals surface area contributed by atoms with Crippen LogP contribution in [-0.2, 0) is 0 Å². The van der Waals surface area contributed by atoms with Gasteiger partial charge in [0.05, 0.1) is 11.3 Å². The van der Waals surface area contributed by atoms with Gasteiger partial charge in [-0.3, -0.25) is 9.59 Å². The fourth-order valence-electron chi connectivity index (χ4n) is 1.52. The Balaban J connectivity index is 2.30. The minimum Gasteiger partial charge on any atom is -0.366 e. The zero-order valence-corrected chi connectivity index (χ0v) is 10.8. The van der Waals surface area contributed by atoms with E-state index in [1.54, 1.807) is 0 Å². The average molecular weight is 294 g/mol. The maximum absolute atomic E-state index is 13.6. The van der Waals surface area contributed by atoms with E-state index in [2.05, 4.69) is 10.3 Å². The number of anilines is 1. The molecule has 102 valence electrons. The molecule has 7 heteroatoms. The molecule has 0 aliphatic rings. The third-order valence-corrected chi connectivity index (χ3v) is 2.80. The Morgan fingerprint density at radius 1 is 1.30 bits per heavy atom. The van der Waals surface area contributed by atoms with E-state index in [4.69, 9.17) is 17.3 Å². The summed E-state index contributed by atoms with van der Waals surface area (Å²) in [7, 11) is 0. The third-order valence-electron chi connectivity index (χ3n) is 2.50. The summed E-state index contributed by atoms with van der Waals surface area (Å²) in [5.74, 6) is -2.05. The number of nitrogens with zero attached hydrogens (tertiary/aromatic N) is 1. The predicted octanol–water partition coefficient (Wildman–Crippen LogP) is 2.23. The van der Waals surface area contributed by atoms with Gasteiger partial charge in [0.15, 0.2) is 0 Å². The van der Waals surface area contributed by atoms with Crippen LogP contribution in [0, 0.1) is 5.82 Å². The monoisotopic (exact) mass is 293 g/mol. The summed E-state index contributed by atoms with van der Waals surface area (Å²) in [6.45, 7) is 0. The van der Waals surface area contributed by atoms with E-state index in [1.165, 1.54) is 24.4 Å². The second-order valence-electron chi connectivity index (χ2n) is 3.85. The predicted molar refractivity (Wildman–Crippen MR) is 72.1 cm³/mol. The molecule has 2 aromatic rings. The van der Waals surface area contributed by atoms with E-state index in [9.17, 15) is 14.0 Å². The molecule has 3 N–H and O–H groups in total. The summed E-state index contributed by atoms with van der Waals surface area (Å²) in [4.78, 5) is 26.7. The van der Waals surface area contributed by atoms with Crippen molar-refractivity contribution in [3.05, 3.63) is 58.6 Å². The summed E-state index contributed by atoms with van der Waals surface area (Å²) < 4.78 is 13.6. The van der Waals surface area contributed by atoms with Crippen LogP contribution in [-0.4, -0.2) is 16.8 Å². The van der Waals surface area contributed by atoms with Crippen molar-refractivity contribution in [1.29, 1.82) is 0 Å². The van der Waals surface area contributed by atoms with Gasteiger partial charge in [0.1, 0.15) is 11.0 Å². The van der Waals surface area contributed by atoms with Crippen LogP contribution in [0.5, 0.6) is 0 Å². The van der Waals surface area contributed by atoms with E-state index < -0.39 is 17.6 Å². The molecular weight excluding hydrogens is 285 g/mol. The molecule has 5 nitrogen and oxygen atoms in total. The van der Waals surface area contributed by atoms with Crippen molar-refractivity contribution in [2.24, 2.45) is 5.73 Å². The van der Waals surface area contributed by atoms with Crippen LogP contribution in [0.1, 0.15) is 20.7 Å². The minimum atomic E-state index is -0.722. The van der Waals surface area contributed by atoms with E-state index in [-0.39, 0.29) is 22.0 Å². The maximum Gasteiger partial charge on any atom is 0.258 e. The average Bonchev–Trinajstić information content (AvgIpc) is 2.41. The molecule has 1 aromatic carbocycles. The van der Waals surface area contributed by atoms with Gasteiger partial charge >= 0.3 is 0 Å². The summed E-state index contributed by atoms with van der Waals surface area (Å²) in [5.41, 5.74) is 5.11. The number of nitrogens with two attached hydrogens (primary N) is 1. The number of aromatic nitrogens is 1. The van der Waals surface area contributed by atoms with Crippen molar-refractivity contribution in [3.63, 3.8) is 0 Å². The Bertz CT molecular complexity index is 691. The summed E-state index contributed by atoms with van der Waals surface area (Å²) in [6.07, 6.45) is 1.42. The zero-order chi connectivity index (χ0) is 14.7. The number of hydrogen-bond acceptors (Lipinski definition) is 3. The molecule has 0 spiro atoms. The van der Waals surface area contributed by atoms with Gasteiger partial charge in [-0.15, -0.1) is 0 Å². The Morgan fingerprint density at radius 3 is 2.70 bits per heavy atom. The van der Waals surface area contributed by atoms with Gasteiger partial charge in [-0.1, -0.05) is 11.6 Å². The Labute approximate surface area is 118 Å². The molecule has 0 saturated carbocycles. The van der Waals surface area contributed by atoms with Crippen LogP contribution in [0.3, 0.4) is 0 Å². The number of pyridine rings is 1. The van der Waals surface area contributed by atoms with Crippen LogP contribution in [0.4, 0.5) is 10.1 Å². The van der Waals surface area contributed by atoms with Crippen LogP contribution in [0.25, 0.3) is 0 Å². The van der Waals surface area contributed by atoms with Gasteiger partial charge in [-0.25, -0.2) is 9.37 Å². The lowest BCUT2D eigenvalue weighted by molar-refractivity contribution is 0.0996. The lowest BCUT2D eigenvalue weighted by Crippen LogP contribution is -2.16. The summed E-state index contributed by atoms with van der Waals surface area (Å²) in [5, 5.41) is 2.31. The van der Waals surface area contributed by atoms with Gasteiger partial charge < -0.3 is 11.1 Å². The van der Waals surface area contributed by atoms with E-state index in [0.717, 1.165) is 12.1 Å². The van der Waals surface area contributed by atoms with Crippen LogP contribution >= 0.6 is 11.6 Å². The van der Waals surface area contributed by atoms with E-state index >= 15 is 0 Å². The molecule has 1 heterocycles. The molecule has 2 amide bonds. The van der Waals surface area contributed by atoms with Gasteiger partial charge in [-0.05, 0) is 30.3 Å². The lowest BCUT2D eigenvalue weighted by Gasteiger charge is -2.08. The number of benzene rings is 1. The SMILES string of the molecule is NC(=O)c1ccc(F)c(NC(=O)c2cccnc2Cl)c1. The number of primary amides is 1. The second kappa shape index (κ2) is 5.66. The van der Waals surface area contributed by atoms with Crippen LogP contribution in [0.15, 0.2) is 36.5 Å². The summed E-state index contributed by atoms with van der Waals surface area (Å²) in [6, 6.07) is 6.39. The highest BCUT2D eigenvalue weighted by Gasteiger charge is 2.14. The van der Waals surface area contributed by atoms with Gasteiger partial charge in [0.2, 0.25) is 5.91 Å². The molecule has 0 aliphatic carbocycles. The van der Waals surface area contributed by atoms with Crippen LogP contribution < -0.4 is 11.1 Å². The zero-order valence-electron chi connectivity index (χ0n) is 10.1. The number of amides is 2. The molecule has 1 aromatic heterocycles. The van der Waals surface area contributed by atoms with Gasteiger partial charge in [0, 0.05) is 11.8 Å². The van der Waals surface area contributed by atoms with Crippen LogP contribution in [0.2, 0.25) is 5.15 Å². The van der Waals surface area contributed by atoms with Crippen molar-refractivity contribution in [3.8, 4) is 0 Å². The third kappa shape index (κ3) is 2.92. The topological polar surface area (TPSA) is 85.1 Å². The molecule has 0 saturated heterocycles. The molecule has 2 rings (SSSR count). The van der Waals surface area contributed by atoms with Crippen molar-refractivity contribution in [2.75, 3.05) is 5.32 Å². The standard InChI is InChI=1S/C13H9ClFN3O2/c14-11-8(2-1-5-17-11)13(20)18-10-6-7(12(16)19)3-4-9(10)15/h1-6H,(H2,16,19)(H,18,20). The minimum absolute atomic E-state index is 0.00327. The number of carbonyl (C=O) groups excluding carboxylic acids is 2. The van der Waals surface area contributed by atoms with Crippen molar-refractivity contribution < 1.29 is 14.0 Å². The maximum atomic E-state index is 13.6. The number of halogens is 2. The lowest BCUT2D eigenvalue weighted by atomic mass is 10.1. The molecule has 0 radical (unpaired) electrons. The molecule has 0 atom stereocenters. The molecule has 20 heavy (non-hydrogen) atoms. The molecule has 0 aliphatic heterocycles. The van der Waals surface area contributed by atoms with Crippen molar-refractivity contribution in [2.45, 2.75) is 0 Å². The summed E-state index contributed by atoms with van der Waals surface area (Å²) >= 11 is 5.77. The highest BCUT2D eigenvalue weighted by molar-refractivity contribution is 6.33. The first-order chi connectivity index (χ1) is 9.49. The molecule has 0 unspecified atom stereocenters. The first-order valence-corrected chi connectivity index (χ1v) is 5.88. The smallest absolute Gasteiger partial charge is 0.258 e. The molecule has 0 bridgehead atoms. The molecular formula is C13H9ClFN3O2. The highest BCUT2D eigenvalue weighted by atomic mass is 35.5. The Hall–Kier alpha value is -2.47. The molecule has 0 fully saturated rings. The second-order valence-corrected chi connectivity index (χ2v) is 4.21. The fourth-order valence-corrected chi connectivity index (χ4v) is 1.72. The fraction of sp³-hybridized carbons (Fsp3) is 0. The number of nitrogens with one attached hydrogen (secondary N) is 1. The van der Waals surface area contributed by atoms with Crippen molar-refractivity contribution in [1.82, 2.24) is 4.98 Å². The van der Waals surface area contributed by atoms with E-state index in [1.807, 2.05) is 0 Å². The first-order valence-electron chi connectivity index (χ1n) is 5.50. The Kier molecular flexibility index (Phi) is 3.95. The number of hydrogen-bond donors (Lipinski definition) is 2. The van der Waals surface area contributed by atoms with Gasteiger partial charge in [0.25, 0.3) is 5.91 Å². The largest absolute Gasteiger partial charge is 0.366 e. The quantitative estimate of drug-likeness (QED) is 0.851.